The third kappa shape index (κ3) is 4.66. The molecule has 5 rings (SSSR count). The van der Waals surface area contributed by atoms with E-state index in [4.69, 9.17) is 4.74 Å². The van der Waals surface area contributed by atoms with Gasteiger partial charge < -0.3 is 14.1 Å². The molecule has 3 aromatic rings. The van der Waals surface area contributed by atoms with Crippen molar-refractivity contribution in [3.05, 3.63) is 98.7 Å². The Labute approximate surface area is 205 Å². The first kappa shape index (κ1) is 24.2. The minimum absolute atomic E-state index is 0.0320. The highest BCUT2D eigenvalue weighted by Gasteiger charge is 2.43. The number of aryl methyl sites for hydroxylation is 1. The lowest BCUT2D eigenvalue weighted by Gasteiger charge is -2.39. The Hall–Kier alpha value is -3.50. The maximum Gasteiger partial charge on any atom is 0.255 e. The minimum Gasteiger partial charge on any atom is -0.365 e. The molecular formula is C26H25F3N4O3. The van der Waals surface area contributed by atoms with E-state index in [1.807, 2.05) is 12.3 Å². The maximum absolute atomic E-state index is 13.7. The van der Waals surface area contributed by atoms with Gasteiger partial charge >= 0.3 is 0 Å². The first-order valence-corrected chi connectivity index (χ1v) is 11.6. The largest absolute Gasteiger partial charge is 0.365 e. The van der Waals surface area contributed by atoms with Gasteiger partial charge in [-0.3, -0.25) is 14.7 Å². The Balaban J connectivity index is 1.27. The molecule has 0 N–H and O–H groups in total. The molecule has 4 heterocycles. The SMILES string of the molecule is Cn1cc2c(cc1=O)C1(CCN(Cc3ccc(C(=NOCF)c4ccc(F)c(F)c4)nc3)CC1)OC2. The van der Waals surface area contributed by atoms with Gasteiger partial charge in [0.25, 0.3) is 12.4 Å². The van der Waals surface area contributed by atoms with E-state index in [1.54, 1.807) is 29.9 Å². The summed E-state index contributed by atoms with van der Waals surface area (Å²) in [7, 11) is 1.75. The molecule has 2 aromatic heterocycles. The fraction of sp³-hybridized carbons (Fsp3) is 0.346. The van der Waals surface area contributed by atoms with Crippen LogP contribution in [0.15, 0.2) is 58.7 Å². The van der Waals surface area contributed by atoms with E-state index < -0.39 is 24.1 Å². The molecule has 0 unspecified atom stereocenters. The third-order valence-electron chi connectivity index (χ3n) is 6.84. The maximum atomic E-state index is 13.7. The minimum atomic E-state index is -1.16. The number of oxime groups is 1. The molecule has 0 aliphatic carbocycles. The van der Waals surface area contributed by atoms with Crippen molar-refractivity contribution in [1.29, 1.82) is 0 Å². The number of alkyl halides is 1. The molecule has 0 radical (unpaired) electrons. The third-order valence-corrected chi connectivity index (χ3v) is 6.84. The van der Waals surface area contributed by atoms with Crippen LogP contribution in [0.1, 0.15) is 40.8 Å². The summed E-state index contributed by atoms with van der Waals surface area (Å²) in [5.41, 5.74) is 3.25. The van der Waals surface area contributed by atoms with Gasteiger partial charge in [0.05, 0.1) is 17.9 Å². The summed E-state index contributed by atoms with van der Waals surface area (Å²) in [6, 6.07) is 8.53. The molecule has 7 nitrogen and oxygen atoms in total. The lowest BCUT2D eigenvalue weighted by Crippen LogP contribution is -2.42. The van der Waals surface area contributed by atoms with Crippen molar-refractivity contribution in [1.82, 2.24) is 14.5 Å². The molecule has 36 heavy (non-hydrogen) atoms. The Morgan fingerprint density at radius 1 is 1.17 bits per heavy atom. The van der Waals surface area contributed by atoms with Crippen molar-refractivity contribution in [3.63, 3.8) is 0 Å². The van der Waals surface area contributed by atoms with Crippen LogP contribution in [-0.2, 0) is 35.4 Å². The van der Waals surface area contributed by atoms with Gasteiger partial charge in [0.15, 0.2) is 11.6 Å². The molecule has 188 valence electrons. The molecule has 1 spiro atoms. The molecule has 0 atom stereocenters. The van der Waals surface area contributed by atoms with Gasteiger partial charge in [0, 0.05) is 56.3 Å². The summed E-state index contributed by atoms with van der Waals surface area (Å²) in [4.78, 5) is 23.4. The molecule has 10 heteroatoms. The van der Waals surface area contributed by atoms with Crippen LogP contribution in [0.4, 0.5) is 13.2 Å². The first-order chi connectivity index (χ1) is 17.4. The number of hydrogen-bond donors (Lipinski definition) is 0. The zero-order chi connectivity index (χ0) is 25.3. The van der Waals surface area contributed by atoms with Gasteiger partial charge in [-0.1, -0.05) is 11.2 Å². The number of fused-ring (bicyclic) bond motifs is 2. The van der Waals surface area contributed by atoms with Crippen LogP contribution < -0.4 is 5.56 Å². The normalized spacial score (nSPS) is 17.4. The van der Waals surface area contributed by atoms with E-state index in [1.165, 1.54) is 6.07 Å². The fourth-order valence-corrected chi connectivity index (χ4v) is 4.90. The van der Waals surface area contributed by atoms with Crippen molar-refractivity contribution in [2.24, 2.45) is 12.2 Å². The van der Waals surface area contributed by atoms with E-state index >= 15 is 0 Å². The summed E-state index contributed by atoms with van der Waals surface area (Å²) >= 11 is 0. The van der Waals surface area contributed by atoms with Crippen LogP contribution in [0, 0.1) is 11.6 Å². The number of aromatic nitrogens is 2. The van der Waals surface area contributed by atoms with Crippen molar-refractivity contribution < 1.29 is 22.7 Å². The molecule has 0 amide bonds. The summed E-state index contributed by atoms with van der Waals surface area (Å²) < 4.78 is 47.4. The van der Waals surface area contributed by atoms with Crippen LogP contribution in [0.2, 0.25) is 0 Å². The predicted molar refractivity (Wildman–Crippen MR) is 126 cm³/mol. The zero-order valence-corrected chi connectivity index (χ0v) is 19.7. The van der Waals surface area contributed by atoms with Crippen LogP contribution in [0.3, 0.4) is 0 Å². The van der Waals surface area contributed by atoms with Gasteiger partial charge in [-0.2, -0.15) is 0 Å². The lowest BCUT2D eigenvalue weighted by molar-refractivity contribution is -0.0799. The Bertz CT molecular complexity index is 1350. The van der Waals surface area contributed by atoms with Crippen LogP contribution in [-0.4, -0.2) is 40.1 Å². The average molecular weight is 499 g/mol. The second-order valence-corrected chi connectivity index (χ2v) is 9.08. The Kier molecular flexibility index (Phi) is 6.63. The van der Waals surface area contributed by atoms with Crippen molar-refractivity contribution in [2.75, 3.05) is 20.0 Å². The summed E-state index contributed by atoms with van der Waals surface area (Å²) in [6.45, 7) is 1.60. The number of rotatable bonds is 6. The number of piperidine rings is 1. The highest BCUT2D eigenvalue weighted by atomic mass is 19.2. The average Bonchev–Trinajstić information content (AvgIpc) is 3.20. The van der Waals surface area contributed by atoms with Crippen LogP contribution in [0.5, 0.6) is 0 Å². The Morgan fingerprint density at radius 3 is 2.67 bits per heavy atom. The number of ether oxygens (including phenoxy) is 1. The number of hydrogen-bond acceptors (Lipinski definition) is 6. The molecule has 1 saturated heterocycles. The highest BCUT2D eigenvalue weighted by Crippen LogP contribution is 2.43. The molecule has 0 saturated carbocycles. The van der Waals surface area contributed by atoms with Crippen LogP contribution >= 0.6 is 0 Å². The lowest BCUT2D eigenvalue weighted by atomic mass is 9.84. The van der Waals surface area contributed by atoms with E-state index in [9.17, 15) is 18.0 Å². The summed E-state index contributed by atoms with van der Waals surface area (Å²) in [5, 5.41) is 3.71. The quantitative estimate of drug-likeness (QED) is 0.382. The topological polar surface area (TPSA) is 69.0 Å². The van der Waals surface area contributed by atoms with E-state index in [0.29, 0.717) is 18.8 Å². The highest BCUT2D eigenvalue weighted by molar-refractivity contribution is 6.11. The second-order valence-electron chi connectivity index (χ2n) is 9.08. The number of pyridine rings is 2. The number of likely N-dealkylation sites (tertiary alicyclic amines) is 1. The van der Waals surface area contributed by atoms with Crippen molar-refractivity contribution >= 4 is 5.71 Å². The second kappa shape index (κ2) is 9.87. The molecule has 1 fully saturated rings. The van der Waals surface area contributed by atoms with E-state index in [-0.39, 0.29) is 16.8 Å². The van der Waals surface area contributed by atoms with Gasteiger partial charge in [-0.25, -0.2) is 13.2 Å². The molecular weight excluding hydrogens is 473 g/mol. The predicted octanol–water partition coefficient (Wildman–Crippen LogP) is 3.78. The molecule has 0 bridgehead atoms. The zero-order valence-electron chi connectivity index (χ0n) is 19.7. The van der Waals surface area contributed by atoms with Gasteiger partial charge in [0.1, 0.15) is 5.71 Å². The van der Waals surface area contributed by atoms with Gasteiger partial charge in [-0.15, -0.1) is 0 Å². The summed E-state index contributed by atoms with van der Waals surface area (Å²) in [6.07, 6.45) is 5.11. The first-order valence-electron chi connectivity index (χ1n) is 11.6. The monoisotopic (exact) mass is 498 g/mol. The molecule has 1 aromatic carbocycles. The smallest absolute Gasteiger partial charge is 0.255 e. The van der Waals surface area contributed by atoms with Gasteiger partial charge in [0.2, 0.25) is 0 Å². The van der Waals surface area contributed by atoms with Gasteiger partial charge in [-0.05, 0) is 48.2 Å². The Morgan fingerprint density at radius 2 is 1.97 bits per heavy atom. The van der Waals surface area contributed by atoms with Crippen molar-refractivity contribution in [2.45, 2.75) is 31.6 Å². The number of nitrogens with zero attached hydrogens (tertiary/aromatic N) is 4. The number of benzene rings is 1. The fourth-order valence-electron chi connectivity index (χ4n) is 4.90. The number of halogens is 3. The van der Waals surface area contributed by atoms with E-state index in [2.05, 4.69) is 19.9 Å². The van der Waals surface area contributed by atoms with Crippen LogP contribution in [0.25, 0.3) is 0 Å². The molecule has 2 aliphatic rings. The standard InChI is InChI=1S/C26H25F3N4O3/c1-32-14-19-15-35-26(20(19)11-24(32)34)6-8-33(9-7-26)13-17-2-5-23(30-12-17)25(31-36-16-27)18-3-4-21(28)22(29)10-18/h2-5,10-12,14H,6-9,13,15-16H2,1H3. The van der Waals surface area contributed by atoms with Crippen molar-refractivity contribution in [3.8, 4) is 0 Å². The van der Waals surface area contributed by atoms with E-state index in [0.717, 1.165) is 54.8 Å². The summed E-state index contributed by atoms with van der Waals surface area (Å²) in [5.74, 6) is -2.04. The molecule has 2 aliphatic heterocycles.